The first kappa shape index (κ1) is 17.1. The lowest BCUT2D eigenvalue weighted by atomic mass is 9.86. The van der Waals surface area contributed by atoms with Crippen LogP contribution in [-0.4, -0.2) is 7.85 Å². The number of benzene rings is 2. The van der Waals surface area contributed by atoms with Crippen molar-refractivity contribution in [3.05, 3.63) is 95.6 Å². The van der Waals surface area contributed by atoms with E-state index in [1.807, 2.05) is 12.2 Å². The van der Waals surface area contributed by atoms with Crippen molar-refractivity contribution in [2.75, 3.05) is 0 Å². The fourth-order valence-corrected chi connectivity index (χ4v) is 2.62. The first-order valence-corrected chi connectivity index (χ1v) is 8.21. The Morgan fingerprint density at radius 2 is 1.74 bits per heavy atom. The summed E-state index contributed by atoms with van der Waals surface area (Å²) in [4.78, 5) is 0. The van der Waals surface area contributed by atoms with E-state index in [4.69, 9.17) is 0 Å². The average molecular weight is 300 g/mol. The van der Waals surface area contributed by atoms with Crippen molar-refractivity contribution < 1.29 is 0 Å². The maximum Gasteiger partial charge on any atom is 0.139 e. The summed E-state index contributed by atoms with van der Waals surface area (Å²) in [5.74, 6) is 0.416. The lowest BCUT2D eigenvalue weighted by Gasteiger charge is -2.12. The predicted octanol–water partition coefficient (Wildman–Crippen LogP) is 4.32. The molecule has 0 amide bonds. The van der Waals surface area contributed by atoms with Crippen LogP contribution < -0.4 is 5.46 Å². The molecule has 1 unspecified atom stereocenters. The topological polar surface area (TPSA) is 0 Å². The van der Waals surface area contributed by atoms with E-state index in [9.17, 15) is 0 Å². The van der Waals surface area contributed by atoms with Gasteiger partial charge in [0.25, 0.3) is 0 Å². The molecule has 116 valence electrons. The molecule has 0 heterocycles. The van der Waals surface area contributed by atoms with E-state index < -0.39 is 0 Å². The second-order valence-electron chi connectivity index (χ2n) is 6.10. The molecule has 2 aromatic rings. The summed E-state index contributed by atoms with van der Waals surface area (Å²) in [7, 11) is 2.18. The third-order valence-electron chi connectivity index (χ3n) is 4.33. The van der Waals surface area contributed by atoms with Gasteiger partial charge in [0, 0.05) is 0 Å². The molecule has 1 heteroatoms. The molecule has 0 aromatic heterocycles. The average Bonchev–Trinajstić information content (AvgIpc) is 2.56. The molecule has 1 atom stereocenters. The molecule has 0 aliphatic heterocycles. The zero-order chi connectivity index (χ0) is 16.7. The summed E-state index contributed by atoms with van der Waals surface area (Å²) in [6.07, 6.45) is 9.31. The Morgan fingerprint density at radius 3 is 2.43 bits per heavy atom. The van der Waals surface area contributed by atoms with Crippen LogP contribution in [0.15, 0.2) is 78.9 Å². The van der Waals surface area contributed by atoms with Gasteiger partial charge in [-0.25, -0.2) is 0 Å². The highest BCUT2D eigenvalue weighted by Gasteiger charge is 2.05. The van der Waals surface area contributed by atoms with E-state index in [1.165, 1.54) is 27.7 Å². The Bertz CT molecular complexity index is 722. The molecule has 0 N–H and O–H groups in total. The van der Waals surface area contributed by atoms with Gasteiger partial charge >= 0.3 is 0 Å². The van der Waals surface area contributed by atoms with E-state index in [0.717, 1.165) is 6.42 Å². The number of allylic oxidation sites excluding steroid dienone is 4. The van der Waals surface area contributed by atoms with Crippen molar-refractivity contribution in [2.45, 2.75) is 20.3 Å². The van der Waals surface area contributed by atoms with Crippen LogP contribution in [0.4, 0.5) is 0 Å². The Kier molecular flexibility index (Phi) is 6.23. The molecule has 2 rings (SSSR count). The summed E-state index contributed by atoms with van der Waals surface area (Å²) in [5, 5.41) is 0. The molecule has 0 bridgehead atoms. The molecule has 0 fully saturated rings. The zero-order valence-corrected chi connectivity index (χ0v) is 14.4. The molecular formula is C22H25B. The largest absolute Gasteiger partial charge is 0.139 e. The van der Waals surface area contributed by atoms with Crippen LogP contribution in [0.25, 0.3) is 6.08 Å². The van der Waals surface area contributed by atoms with E-state index >= 15 is 0 Å². The maximum absolute atomic E-state index is 3.74. The molecule has 2 aromatic carbocycles. The smallest absolute Gasteiger partial charge is 0.0991 e. The van der Waals surface area contributed by atoms with Crippen molar-refractivity contribution in [3.63, 3.8) is 0 Å². The van der Waals surface area contributed by atoms with Crippen LogP contribution in [-0.2, 0) is 6.42 Å². The van der Waals surface area contributed by atoms with Gasteiger partial charge in [-0.2, -0.15) is 0 Å². The minimum atomic E-state index is 0.416. The summed E-state index contributed by atoms with van der Waals surface area (Å²) in [6.45, 7) is 8.15. The third kappa shape index (κ3) is 4.86. The maximum atomic E-state index is 3.74. The van der Waals surface area contributed by atoms with E-state index in [2.05, 4.69) is 89.0 Å². The van der Waals surface area contributed by atoms with Gasteiger partial charge in [-0.1, -0.05) is 97.4 Å². The number of hydrogen-bond acceptors (Lipinski definition) is 0. The summed E-state index contributed by atoms with van der Waals surface area (Å²) in [5.41, 5.74) is 6.80. The molecule has 0 nitrogen and oxygen atoms in total. The zero-order valence-electron chi connectivity index (χ0n) is 14.4. The second-order valence-corrected chi connectivity index (χ2v) is 6.10. The quantitative estimate of drug-likeness (QED) is 0.550. The summed E-state index contributed by atoms with van der Waals surface area (Å²) >= 11 is 0. The van der Waals surface area contributed by atoms with Gasteiger partial charge in [0.2, 0.25) is 0 Å². The second kappa shape index (κ2) is 8.38. The third-order valence-corrected chi connectivity index (χ3v) is 4.33. The van der Waals surface area contributed by atoms with Gasteiger partial charge in [-0.15, -0.1) is 0 Å². The predicted molar refractivity (Wildman–Crippen MR) is 106 cm³/mol. The minimum absolute atomic E-state index is 0.416. The minimum Gasteiger partial charge on any atom is -0.0991 e. The lowest BCUT2D eigenvalue weighted by Crippen LogP contribution is -2.10. The number of rotatable bonds is 6. The Morgan fingerprint density at radius 1 is 1.09 bits per heavy atom. The standard InChI is InChI=1S/C22H25B/c1-4-5-10-17(2)18(3)15-19-11-6-7-12-20(19)16-21-13-8-9-14-22(21)23/h4-15,17H,1,16,23H2,2-3H3/b10-5-,18-15-. The van der Waals surface area contributed by atoms with Crippen molar-refractivity contribution in [1.82, 2.24) is 0 Å². The molecule has 0 saturated heterocycles. The highest BCUT2D eigenvalue weighted by atomic mass is 14.1. The molecule has 23 heavy (non-hydrogen) atoms. The molecule has 0 radical (unpaired) electrons. The van der Waals surface area contributed by atoms with E-state index in [-0.39, 0.29) is 0 Å². The monoisotopic (exact) mass is 300 g/mol. The Labute approximate surface area is 141 Å². The van der Waals surface area contributed by atoms with Gasteiger partial charge in [0.15, 0.2) is 0 Å². The van der Waals surface area contributed by atoms with Crippen molar-refractivity contribution >= 4 is 19.4 Å². The van der Waals surface area contributed by atoms with Crippen molar-refractivity contribution in [2.24, 2.45) is 5.92 Å². The van der Waals surface area contributed by atoms with Crippen LogP contribution in [0.2, 0.25) is 0 Å². The molecule has 0 aliphatic rings. The SMILES string of the molecule is Bc1ccccc1Cc1ccccc1/C=C(/C)C(C)/C=C\C=C. The van der Waals surface area contributed by atoms with Crippen LogP contribution in [0.5, 0.6) is 0 Å². The van der Waals surface area contributed by atoms with Crippen LogP contribution in [0, 0.1) is 5.92 Å². The summed E-state index contributed by atoms with van der Waals surface area (Å²) in [6, 6.07) is 17.3. The first-order chi connectivity index (χ1) is 11.1. The highest BCUT2D eigenvalue weighted by Crippen LogP contribution is 2.20. The van der Waals surface area contributed by atoms with E-state index in [1.54, 1.807) is 0 Å². The van der Waals surface area contributed by atoms with Crippen molar-refractivity contribution in [3.8, 4) is 0 Å². The van der Waals surface area contributed by atoms with Crippen LogP contribution in [0.3, 0.4) is 0 Å². The van der Waals surface area contributed by atoms with Crippen LogP contribution >= 0.6 is 0 Å². The molecule has 0 saturated carbocycles. The van der Waals surface area contributed by atoms with Gasteiger partial charge in [0.1, 0.15) is 7.85 Å². The summed E-state index contributed by atoms with van der Waals surface area (Å²) < 4.78 is 0. The molecule has 0 spiro atoms. The fraction of sp³-hybridized carbons (Fsp3) is 0.182. The molecular weight excluding hydrogens is 275 g/mol. The van der Waals surface area contributed by atoms with Gasteiger partial charge in [-0.05, 0) is 36.0 Å². The highest BCUT2D eigenvalue weighted by molar-refractivity contribution is 6.33. The van der Waals surface area contributed by atoms with Gasteiger partial charge in [-0.3, -0.25) is 0 Å². The van der Waals surface area contributed by atoms with Gasteiger partial charge in [0.05, 0.1) is 0 Å². The van der Waals surface area contributed by atoms with Crippen LogP contribution in [0.1, 0.15) is 30.5 Å². The molecule has 0 aliphatic carbocycles. The fourth-order valence-electron chi connectivity index (χ4n) is 2.62. The van der Waals surface area contributed by atoms with E-state index in [0.29, 0.717) is 5.92 Å². The Balaban J connectivity index is 2.29. The normalized spacial score (nSPS) is 13.2. The number of hydrogen-bond donors (Lipinski definition) is 0. The van der Waals surface area contributed by atoms with Crippen molar-refractivity contribution in [1.29, 1.82) is 0 Å². The Hall–Kier alpha value is -2.28. The first-order valence-electron chi connectivity index (χ1n) is 8.21. The lowest BCUT2D eigenvalue weighted by molar-refractivity contribution is 0.870. The van der Waals surface area contributed by atoms with Gasteiger partial charge < -0.3 is 0 Å².